The zero-order chi connectivity index (χ0) is 15.1. The van der Waals surface area contributed by atoms with Gasteiger partial charge in [0.2, 0.25) is 0 Å². The predicted octanol–water partition coefficient (Wildman–Crippen LogP) is 3.33. The maximum atomic E-state index is 5.34. The molecule has 0 aromatic heterocycles. The van der Waals surface area contributed by atoms with Crippen molar-refractivity contribution in [2.45, 2.75) is 52.0 Å². The Bertz CT molecular complexity index is 374. The summed E-state index contributed by atoms with van der Waals surface area (Å²) in [4.78, 5) is 4.37. The molecular formula is C17H32IN3O. The molecule has 2 unspecified atom stereocenters. The van der Waals surface area contributed by atoms with Gasteiger partial charge in [-0.05, 0) is 43.9 Å². The molecule has 0 saturated heterocycles. The monoisotopic (exact) mass is 421 g/mol. The molecule has 1 aliphatic carbocycles. The van der Waals surface area contributed by atoms with Crippen LogP contribution in [0, 0.1) is 11.8 Å². The van der Waals surface area contributed by atoms with Crippen molar-refractivity contribution >= 4 is 29.9 Å². The third kappa shape index (κ3) is 6.86. The van der Waals surface area contributed by atoms with Crippen LogP contribution in [0.2, 0.25) is 0 Å². The number of guanidine groups is 1. The number of nitrogens with zero attached hydrogens (tertiary/aromatic N) is 1. The first-order valence-corrected chi connectivity index (χ1v) is 8.40. The van der Waals surface area contributed by atoms with Crippen molar-refractivity contribution in [3.8, 4) is 0 Å². The quantitative estimate of drug-likeness (QED) is 0.317. The maximum absolute atomic E-state index is 5.34. The van der Waals surface area contributed by atoms with Crippen LogP contribution in [0.3, 0.4) is 0 Å². The van der Waals surface area contributed by atoms with E-state index in [2.05, 4.69) is 35.5 Å². The predicted molar refractivity (Wildman–Crippen MR) is 104 cm³/mol. The molecule has 0 amide bonds. The lowest BCUT2D eigenvalue weighted by atomic mass is 9.80. The Hall–Kier alpha value is -0.300. The molecule has 0 spiro atoms. The summed E-state index contributed by atoms with van der Waals surface area (Å²) in [6.07, 6.45) is 8.25. The molecule has 1 heterocycles. The molecule has 1 aliphatic heterocycles. The highest BCUT2D eigenvalue weighted by Gasteiger charge is 2.24. The highest BCUT2D eigenvalue weighted by molar-refractivity contribution is 14.0. The van der Waals surface area contributed by atoms with Crippen molar-refractivity contribution in [2.75, 3.05) is 26.8 Å². The number of nitrogens with one attached hydrogen (secondary N) is 2. The molecule has 1 fully saturated rings. The Morgan fingerprint density at radius 3 is 2.59 bits per heavy atom. The Morgan fingerprint density at radius 1 is 1.27 bits per heavy atom. The van der Waals surface area contributed by atoms with Crippen molar-refractivity contribution in [1.82, 2.24) is 10.6 Å². The van der Waals surface area contributed by atoms with Gasteiger partial charge in [0.15, 0.2) is 5.96 Å². The molecule has 1 saturated carbocycles. The maximum Gasteiger partial charge on any atom is 0.191 e. The van der Waals surface area contributed by atoms with Gasteiger partial charge in [-0.2, -0.15) is 0 Å². The van der Waals surface area contributed by atoms with Gasteiger partial charge in [-0.15, -0.1) is 24.0 Å². The summed E-state index contributed by atoms with van der Waals surface area (Å²) in [5, 5.41) is 7.05. The van der Waals surface area contributed by atoms with E-state index in [4.69, 9.17) is 4.74 Å². The number of rotatable bonds is 4. The summed E-state index contributed by atoms with van der Waals surface area (Å²) in [5.74, 6) is 2.59. The molecule has 4 nitrogen and oxygen atoms in total. The zero-order valence-corrected chi connectivity index (χ0v) is 16.6. The number of hydrogen-bond donors (Lipinski definition) is 2. The van der Waals surface area contributed by atoms with Crippen molar-refractivity contribution in [1.29, 1.82) is 0 Å². The number of hydrogen-bond acceptors (Lipinski definition) is 2. The molecule has 128 valence electrons. The minimum Gasteiger partial charge on any atom is -0.377 e. The largest absolute Gasteiger partial charge is 0.377 e. The SMILES string of the molecule is CN=C(NCCC1=CCOCC1)NC1CC(C)CC(C)C1.I. The van der Waals surface area contributed by atoms with Gasteiger partial charge >= 0.3 is 0 Å². The molecule has 2 N–H and O–H groups in total. The topological polar surface area (TPSA) is 45.7 Å². The second-order valence-electron chi connectivity index (χ2n) is 6.69. The Morgan fingerprint density at radius 2 is 2.00 bits per heavy atom. The number of ether oxygens (including phenoxy) is 1. The van der Waals surface area contributed by atoms with Gasteiger partial charge in [0.05, 0.1) is 13.2 Å². The standard InChI is InChI=1S/C17H31N3O.HI/c1-13-10-14(2)12-16(11-13)20-17(18-3)19-7-4-15-5-8-21-9-6-15;/h5,13-14,16H,4,6-12H2,1-3H3,(H2,18,19,20);1H. The smallest absolute Gasteiger partial charge is 0.191 e. The van der Waals surface area contributed by atoms with Crippen LogP contribution in [0.1, 0.15) is 46.0 Å². The fourth-order valence-electron chi connectivity index (χ4n) is 3.59. The van der Waals surface area contributed by atoms with E-state index in [1.807, 2.05) is 7.05 Å². The summed E-state index contributed by atoms with van der Waals surface area (Å²) in [6, 6.07) is 0.567. The van der Waals surface area contributed by atoms with Gasteiger partial charge in [0, 0.05) is 19.6 Å². The summed E-state index contributed by atoms with van der Waals surface area (Å²) in [5.41, 5.74) is 1.50. The van der Waals surface area contributed by atoms with Crippen LogP contribution in [-0.2, 0) is 4.74 Å². The summed E-state index contributed by atoms with van der Waals surface area (Å²) < 4.78 is 5.34. The minimum atomic E-state index is 0. The van der Waals surface area contributed by atoms with E-state index in [0.717, 1.165) is 50.4 Å². The Balaban J connectivity index is 0.00000242. The average molecular weight is 421 g/mol. The van der Waals surface area contributed by atoms with Gasteiger partial charge in [0.25, 0.3) is 0 Å². The van der Waals surface area contributed by atoms with Gasteiger partial charge < -0.3 is 15.4 Å². The van der Waals surface area contributed by atoms with Crippen LogP contribution in [0.25, 0.3) is 0 Å². The second kappa shape index (κ2) is 10.5. The van der Waals surface area contributed by atoms with Gasteiger partial charge in [-0.25, -0.2) is 0 Å². The van der Waals surface area contributed by atoms with Crippen molar-refractivity contribution < 1.29 is 4.74 Å². The van der Waals surface area contributed by atoms with Crippen molar-refractivity contribution in [2.24, 2.45) is 16.8 Å². The molecule has 0 bridgehead atoms. The van der Waals surface area contributed by atoms with Gasteiger partial charge in [0.1, 0.15) is 0 Å². The first-order valence-electron chi connectivity index (χ1n) is 8.40. The first-order chi connectivity index (χ1) is 10.2. The molecule has 2 rings (SSSR count). The van der Waals surface area contributed by atoms with Crippen LogP contribution in [-0.4, -0.2) is 38.8 Å². The number of halogens is 1. The molecular weight excluding hydrogens is 389 g/mol. The van der Waals surface area contributed by atoms with Crippen LogP contribution in [0.5, 0.6) is 0 Å². The van der Waals surface area contributed by atoms with E-state index in [9.17, 15) is 0 Å². The van der Waals surface area contributed by atoms with E-state index in [0.29, 0.717) is 6.04 Å². The molecule has 22 heavy (non-hydrogen) atoms. The normalized spacial score (nSPS) is 29.3. The third-order valence-electron chi connectivity index (χ3n) is 4.54. The Kier molecular flexibility index (Phi) is 9.40. The second-order valence-corrected chi connectivity index (χ2v) is 6.69. The number of aliphatic imine (C=N–C) groups is 1. The third-order valence-corrected chi connectivity index (χ3v) is 4.54. The fourth-order valence-corrected chi connectivity index (χ4v) is 3.59. The zero-order valence-electron chi connectivity index (χ0n) is 14.2. The first kappa shape index (κ1) is 19.7. The molecule has 2 atom stereocenters. The fraction of sp³-hybridized carbons (Fsp3) is 0.824. The summed E-state index contributed by atoms with van der Waals surface area (Å²) >= 11 is 0. The molecule has 5 heteroatoms. The van der Waals surface area contributed by atoms with E-state index < -0.39 is 0 Å². The Labute approximate surface area is 152 Å². The van der Waals surface area contributed by atoms with Crippen LogP contribution in [0.15, 0.2) is 16.6 Å². The lowest BCUT2D eigenvalue weighted by molar-refractivity contribution is 0.153. The lowest BCUT2D eigenvalue weighted by Crippen LogP contribution is -2.46. The van der Waals surface area contributed by atoms with E-state index in [1.165, 1.54) is 24.8 Å². The highest BCUT2D eigenvalue weighted by Crippen LogP contribution is 2.28. The van der Waals surface area contributed by atoms with Gasteiger partial charge in [-0.1, -0.05) is 25.5 Å². The summed E-state index contributed by atoms with van der Waals surface area (Å²) in [7, 11) is 1.86. The van der Waals surface area contributed by atoms with Crippen LogP contribution in [0.4, 0.5) is 0 Å². The summed E-state index contributed by atoms with van der Waals surface area (Å²) in [6.45, 7) is 7.32. The van der Waals surface area contributed by atoms with E-state index in [-0.39, 0.29) is 24.0 Å². The highest BCUT2D eigenvalue weighted by atomic mass is 127. The van der Waals surface area contributed by atoms with Crippen molar-refractivity contribution in [3.05, 3.63) is 11.6 Å². The van der Waals surface area contributed by atoms with E-state index >= 15 is 0 Å². The lowest BCUT2D eigenvalue weighted by Gasteiger charge is -2.32. The molecule has 0 radical (unpaired) electrons. The van der Waals surface area contributed by atoms with Crippen LogP contribution < -0.4 is 10.6 Å². The minimum absolute atomic E-state index is 0. The molecule has 0 aromatic carbocycles. The van der Waals surface area contributed by atoms with Gasteiger partial charge in [-0.3, -0.25) is 4.99 Å². The molecule has 2 aliphatic rings. The van der Waals surface area contributed by atoms with Crippen LogP contribution >= 0.6 is 24.0 Å². The van der Waals surface area contributed by atoms with Crippen molar-refractivity contribution in [3.63, 3.8) is 0 Å². The molecule has 0 aromatic rings. The van der Waals surface area contributed by atoms with E-state index in [1.54, 1.807) is 0 Å². The average Bonchev–Trinajstić information content (AvgIpc) is 2.46.